The van der Waals surface area contributed by atoms with E-state index in [1.807, 2.05) is 12.1 Å². The first kappa shape index (κ1) is 15.2. The van der Waals surface area contributed by atoms with Crippen LogP contribution in [0.1, 0.15) is 19.3 Å². The van der Waals surface area contributed by atoms with Gasteiger partial charge in [-0.15, -0.1) is 0 Å². The monoisotopic (exact) mass is 338 g/mol. The Labute approximate surface area is 137 Å². The van der Waals surface area contributed by atoms with Gasteiger partial charge < -0.3 is 14.4 Å². The minimum atomic E-state index is -3.43. The Bertz CT molecular complexity index is 706. The second kappa shape index (κ2) is 5.65. The summed E-state index contributed by atoms with van der Waals surface area (Å²) in [6.07, 6.45) is 2.95. The van der Waals surface area contributed by atoms with E-state index < -0.39 is 10.0 Å². The second-order valence-electron chi connectivity index (χ2n) is 6.47. The number of sulfonamides is 1. The molecule has 126 valence electrons. The van der Waals surface area contributed by atoms with Gasteiger partial charge in [0.2, 0.25) is 10.0 Å². The predicted molar refractivity (Wildman–Crippen MR) is 86.5 cm³/mol. The Hall–Kier alpha value is -1.31. The summed E-state index contributed by atoms with van der Waals surface area (Å²) in [7, 11) is -1.71. The normalized spacial score (nSPS) is 31.5. The molecule has 1 unspecified atom stereocenters. The lowest BCUT2D eigenvalue weighted by Crippen LogP contribution is -2.32. The number of hydrogen-bond acceptors (Lipinski definition) is 5. The van der Waals surface area contributed by atoms with Gasteiger partial charge in [0.25, 0.3) is 0 Å². The van der Waals surface area contributed by atoms with E-state index in [0.29, 0.717) is 36.4 Å². The highest BCUT2D eigenvalue weighted by Gasteiger charge is 2.39. The van der Waals surface area contributed by atoms with Crippen LogP contribution >= 0.6 is 0 Å². The number of methoxy groups -OCH3 is 1. The maximum absolute atomic E-state index is 12.7. The van der Waals surface area contributed by atoms with E-state index in [1.165, 1.54) is 4.31 Å². The van der Waals surface area contributed by atoms with Crippen LogP contribution in [0.3, 0.4) is 0 Å². The van der Waals surface area contributed by atoms with Gasteiger partial charge >= 0.3 is 0 Å². The molecule has 0 amide bonds. The summed E-state index contributed by atoms with van der Waals surface area (Å²) in [5, 5.41) is 0. The van der Waals surface area contributed by atoms with E-state index in [0.717, 1.165) is 31.5 Å². The molecular formula is C16H22N2O4S. The first-order valence-electron chi connectivity index (χ1n) is 8.16. The van der Waals surface area contributed by atoms with Crippen molar-refractivity contribution in [2.24, 2.45) is 0 Å². The lowest BCUT2D eigenvalue weighted by Gasteiger charge is -2.27. The van der Waals surface area contributed by atoms with Gasteiger partial charge in [-0.05, 0) is 31.4 Å². The second-order valence-corrected chi connectivity index (χ2v) is 8.37. The maximum atomic E-state index is 12.7. The number of nitrogens with zero attached hydrogens (tertiary/aromatic N) is 2. The van der Waals surface area contributed by atoms with Crippen LogP contribution in [-0.2, 0) is 14.8 Å². The third kappa shape index (κ3) is 2.51. The van der Waals surface area contributed by atoms with Crippen molar-refractivity contribution in [1.29, 1.82) is 0 Å². The molecule has 0 spiro atoms. The Balaban J connectivity index is 1.71. The van der Waals surface area contributed by atoms with Crippen molar-refractivity contribution >= 4 is 15.7 Å². The summed E-state index contributed by atoms with van der Waals surface area (Å²) in [6.45, 7) is 2.67. The Morgan fingerprint density at radius 1 is 1.30 bits per heavy atom. The topological polar surface area (TPSA) is 59.1 Å². The summed E-state index contributed by atoms with van der Waals surface area (Å²) in [6, 6.07) is 5.83. The molecular weight excluding hydrogens is 316 g/mol. The average Bonchev–Trinajstić information content (AvgIpc) is 3.14. The summed E-state index contributed by atoms with van der Waals surface area (Å²) < 4.78 is 38.2. The molecule has 1 aromatic carbocycles. The fourth-order valence-corrected chi connectivity index (χ4v) is 5.44. The molecule has 0 aromatic heterocycles. The zero-order chi connectivity index (χ0) is 16.0. The predicted octanol–water partition coefficient (Wildman–Crippen LogP) is 1.46. The molecule has 23 heavy (non-hydrogen) atoms. The van der Waals surface area contributed by atoms with Crippen LogP contribution in [0.5, 0.6) is 5.75 Å². The van der Waals surface area contributed by atoms with Gasteiger partial charge in [0.15, 0.2) is 0 Å². The highest BCUT2D eigenvalue weighted by molar-refractivity contribution is 7.89. The van der Waals surface area contributed by atoms with E-state index >= 15 is 0 Å². The molecule has 0 saturated carbocycles. The quantitative estimate of drug-likeness (QED) is 0.835. The van der Waals surface area contributed by atoms with Crippen LogP contribution in [0.2, 0.25) is 0 Å². The summed E-state index contributed by atoms with van der Waals surface area (Å²) >= 11 is 0. The maximum Gasteiger partial charge on any atom is 0.246 e. The average molecular weight is 338 g/mol. The smallest absolute Gasteiger partial charge is 0.246 e. The lowest BCUT2D eigenvalue weighted by atomic mass is 10.2. The number of rotatable bonds is 3. The summed E-state index contributed by atoms with van der Waals surface area (Å²) in [5.41, 5.74) is 1.02. The molecule has 3 heterocycles. The van der Waals surface area contributed by atoms with Gasteiger partial charge in [0.05, 0.1) is 19.2 Å². The first-order valence-corrected chi connectivity index (χ1v) is 9.60. The van der Waals surface area contributed by atoms with Gasteiger partial charge in [-0.25, -0.2) is 8.42 Å². The molecule has 2 saturated heterocycles. The molecule has 4 rings (SSSR count). The van der Waals surface area contributed by atoms with E-state index in [-0.39, 0.29) is 6.10 Å². The van der Waals surface area contributed by atoms with Crippen LogP contribution in [-0.4, -0.2) is 58.2 Å². The van der Waals surface area contributed by atoms with Crippen LogP contribution < -0.4 is 9.64 Å². The standard InChI is InChI=1S/C16H22N2O4S/c1-21-11-13-3-2-7-18(13)12-4-5-16-15(9-12)22-14-6-8-17(10-14)23(16,19)20/h4-5,9,13-14H,2-3,6-8,10-11H2,1H3/t13-,14+/m1/s1. The highest BCUT2D eigenvalue weighted by atomic mass is 32.2. The van der Waals surface area contributed by atoms with Crippen molar-refractivity contribution < 1.29 is 17.9 Å². The van der Waals surface area contributed by atoms with Crippen LogP contribution in [0.15, 0.2) is 23.1 Å². The third-order valence-corrected chi connectivity index (χ3v) is 6.92. The van der Waals surface area contributed by atoms with Crippen LogP contribution in [0.4, 0.5) is 5.69 Å². The lowest BCUT2D eigenvalue weighted by molar-refractivity contribution is 0.180. The fourth-order valence-electron chi connectivity index (χ4n) is 3.85. The molecule has 3 atom stereocenters. The van der Waals surface area contributed by atoms with Crippen molar-refractivity contribution in [1.82, 2.24) is 4.31 Å². The summed E-state index contributed by atoms with van der Waals surface area (Å²) in [5.74, 6) is 0.498. The largest absolute Gasteiger partial charge is 0.487 e. The molecule has 0 N–H and O–H groups in total. The Kier molecular flexibility index (Phi) is 3.74. The third-order valence-electron chi connectivity index (χ3n) is 5.01. The SMILES string of the molecule is COC[C@H]1CCCN1c1ccc2c(c1)O[C@H]1CCN(C1)S2(=O)=O. The van der Waals surface area contributed by atoms with E-state index in [1.54, 1.807) is 13.2 Å². The van der Waals surface area contributed by atoms with Crippen molar-refractivity contribution in [3.8, 4) is 5.75 Å². The fraction of sp³-hybridized carbons (Fsp3) is 0.625. The zero-order valence-electron chi connectivity index (χ0n) is 13.3. The molecule has 3 aliphatic heterocycles. The van der Waals surface area contributed by atoms with E-state index in [2.05, 4.69) is 4.90 Å². The van der Waals surface area contributed by atoms with E-state index in [4.69, 9.17) is 9.47 Å². The minimum absolute atomic E-state index is 0.0328. The van der Waals surface area contributed by atoms with Gasteiger partial charge in [0.1, 0.15) is 16.7 Å². The number of anilines is 1. The molecule has 0 aliphatic carbocycles. The van der Waals surface area contributed by atoms with Gasteiger partial charge in [-0.1, -0.05) is 0 Å². The number of benzene rings is 1. The molecule has 0 radical (unpaired) electrons. The Morgan fingerprint density at radius 3 is 3.00 bits per heavy atom. The van der Waals surface area contributed by atoms with E-state index in [9.17, 15) is 8.42 Å². The minimum Gasteiger partial charge on any atom is -0.487 e. The van der Waals surface area contributed by atoms with Crippen molar-refractivity contribution in [2.75, 3.05) is 38.3 Å². The molecule has 3 aliphatic rings. The van der Waals surface area contributed by atoms with Gasteiger partial charge in [-0.3, -0.25) is 0 Å². The first-order chi connectivity index (χ1) is 11.1. The number of fused-ring (bicyclic) bond motifs is 3. The molecule has 6 nitrogen and oxygen atoms in total. The van der Waals surface area contributed by atoms with Crippen LogP contribution in [0.25, 0.3) is 0 Å². The zero-order valence-corrected chi connectivity index (χ0v) is 14.1. The van der Waals surface area contributed by atoms with Crippen LogP contribution in [0, 0.1) is 0 Å². The van der Waals surface area contributed by atoms with Gasteiger partial charge in [-0.2, -0.15) is 4.31 Å². The number of hydrogen-bond donors (Lipinski definition) is 0. The molecule has 2 bridgehead atoms. The molecule has 7 heteroatoms. The Morgan fingerprint density at radius 2 is 2.17 bits per heavy atom. The highest BCUT2D eigenvalue weighted by Crippen LogP contribution is 2.38. The van der Waals surface area contributed by atoms with Gasteiger partial charge in [0, 0.05) is 32.0 Å². The molecule has 1 aromatic rings. The molecule has 2 fully saturated rings. The summed E-state index contributed by atoms with van der Waals surface area (Å²) in [4.78, 5) is 2.59. The van der Waals surface area contributed by atoms with Crippen molar-refractivity contribution in [3.63, 3.8) is 0 Å². The number of ether oxygens (including phenoxy) is 2. The van der Waals surface area contributed by atoms with Crippen molar-refractivity contribution in [3.05, 3.63) is 18.2 Å². The van der Waals surface area contributed by atoms with Crippen molar-refractivity contribution in [2.45, 2.75) is 36.3 Å².